The van der Waals surface area contributed by atoms with Crippen LogP contribution in [0, 0.1) is 11.8 Å². The molecule has 4 atom stereocenters. The summed E-state index contributed by atoms with van der Waals surface area (Å²) in [4.78, 5) is 52.4. The van der Waals surface area contributed by atoms with Gasteiger partial charge < -0.3 is 9.84 Å². The number of carbonyl (C=O) groups excluding carboxylic acids is 3. The molecule has 3 fully saturated rings. The fourth-order valence-corrected chi connectivity index (χ4v) is 6.23. The molecule has 1 N–H and O–H groups in total. The number of alkyl halides is 3. The first kappa shape index (κ1) is 28.3. The molecule has 0 saturated carbocycles. The number of benzene rings is 2. The molecule has 0 radical (unpaired) electrons. The molecule has 5 rings (SSSR count). The molecule has 2 aromatic rings. The molecule has 8 nitrogen and oxygen atoms in total. The summed E-state index contributed by atoms with van der Waals surface area (Å²) in [5.74, 6) is -4.81. The molecule has 0 aromatic heterocycles. The molecule has 2 amide bonds. The number of esters is 1. The first-order valence-electron chi connectivity index (χ1n) is 12.6. The van der Waals surface area contributed by atoms with Crippen molar-refractivity contribution in [2.45, 2.75) is 43.9 Å². The summed E-state index contributed by atoms with van der Waals surface area (Å²) in [5, 5.41) is 7.12. The lowest BCUT2D eigenvalue weighted by Gasteiger charge is -2.44. The van der Waals surface area contributed by atoms with Gasteiger partial charge in [-0.3, -0.25) is 24.2 Å². The van der Waals surface area contributed by atoms with E-state index in [9.17, 15) is 27.6 Å². The molecule has 0 unspecified atom stereocenters. The molecule has 3 aliphatic rings. The van der Waals surface area contributed by atoms with Gasteiger partial charge in [-0.2, -0.15) is 13.2 Å². The summed E-state index contributed by atoms with van der Waals surface area (Å²) in [5.41, 5.74) is 2.10. The fraction of sp³-hybridized carbons (Fsp3) is 0.429. The van der Waals surface area contributed by atoms with Crippen LogP contribution in [0.5, 0.6) is 0 Å². The average Bonchev–Trinajstić information content (AvgIpc) is 3.38. The number of rotatable bonds is 4. The van der Waals surface area contributed by atoms with Crippen molar-refractivity contribution in [1.29, 1.82) is 0 Å². The van der Waals surface area contributed by atoms with E-state index in [0.717, 1.165) is 29.5 Å². The van der Waals surface area contributed by atoms with Gasteiger partial charge in [0.1, 0.15) is 5.54 Å². The van der Waals surface area contributed by atoms with Crippen molar-refractivity contribution in [1.82, 2.24) is 9.80 Å². The normalized spacial score (nSPS) is 26.4. The van der Waals surface area contributed by atoms with E-state index in [0.29, 0.717) is 19.5 Å². The summed E-state index contributed by atoms with van der Waals surface area (Å²) in [6.45, 7) is 2.80. The quantitative estimate of drug-likeness (QED) is 0.456. The van der Waals surface area contributed by atoms with Gasteiger partial charge in [-0.1, -0.05) is 54.6 Å². The zero-order chi connectivity index (χ0) is 28.5. The largest absolute Gasteiger partial charge is 0.490 e. The number of fused-ring (bicyclic) bond motifs is 3. The number of carbonyl (C=O) groups is 4. The summed E-state index contributed by atoms with van der Waals surface area (Å²) in [6, 6.07) is 18.0. The predicted molar refractivity (Wildman–Crippen MR) is 133 cm³/mol. The third-order valence-electron chi connectivity index (χ3n) is 7.81. The van der Waals surface area contributed by atoms with Crippen LogP contribution in [-0.4, -0.2) is 70.6 Å². The second kappa shape index (κ2) is 10.8. The number of nitrogens with zero attached hydrogens (tertiary/aromatic N) is 2. The number of aliphatic carboxylic acids is 1. The molecule has 39 heavy (non-hydrogen) atoms. The van der Waals surface area contributed by atoms with Crippen molar-refractivity contribution in [3.63, 3.8) is 0 Å². The molecule has 3 saturated heterocycles. The van der Waals surface area contributed by atoms with Gasteiger partial charge in [0.2, 0.25) is 11.8 Å². The fourth-order valence-electron chi connectivity index (χ4n) is 6.23. The highest BCUT2D eigenvalue weighted by atomic mass is 19.4. The third kappa shape index (κ3) is 4.80. The van der Waals surface area contributed by atoms with Crippen molar-refractivity contribution in [2.24, 2.45) is 11.8 Å². The molecule has 3 heterocycles. The molecular weight excluding hydrogens is 517 g/mol. The Morgan fingerprint density at radius 2 is 1.59 bits per heavy atom. The Bertz CT molecular complexity index is 1250. The molecule has 3 aliphatic heterocycles. The smallest absolute Gasteiger partial charge is 0.475 e. The van der Waals surface area contributed by atoms with E-state index in [4.69, 9.17) is 14.6 Å². The van der Waals surface area contributed by atoms with Crippen molar-refractivity contribution in [2.75, 3.05) is 20.2 Å². The molecule has 11 heteroatoms. The van der Waals surface area contributed by atoms with E-state index in [-0.39, 0.29) is 17.9 Å². The van der Waals surface area contributed by atoms with E-state index in [1.165, 1.54) is 12.0 Å². The first-order valence-corrected chi connectivity index (χ1v) is 12.6. The highest BCUT2D eigenvalue weighted by Gasteiger charge is 2.72. The number of ether oxygens (including phenoxy) is 1. The maximum Gasteiger partial charge on any atom is 0.490 e. The minimum Gasteiger partial charge on any atom is -0.475 e. The van der Waals surface area contributed by atoms with Gasteiger partial charge >= 0.3 is 18.1 Å². The number of carboxylic acids is 1. The third-order valence-corrected chi connectivity index (χ3v) is 7.81. The number of piperidine rings is 1. The molecule has 2 aromatic carbocycles. The van der Waals surface area contributed by atoms with Crippen LogP contribution in [-0.2, 0) is 23.9 Å². The lowest BCUT2D eigenvalue weighted by atomic mass is 9.75. The minimum atomic E-state index is -5.08. The van der Waals surface area contributed by atoms with E-state index >= 15 is 0 Å². The summed E-state index contributed by atoms with van der Waals surface area (Å²) >= 11 is 0. The number of amides is 2. The van der Waals surface area contributed by atoms with Crippen LogP contribution >= 0.6 is 0 Å². The van der Waals surface area contributed by atoms with Gasteiger partial charge in [-0.05, 0) is 49.4 Å². The number of carboxylic acid groups (broad SMARTS) is 1. The van der Waals surface area contributed by atoms with E-state index in [1.54, 1.807) is 0 Å². The van der Waals surface area contributed by atoms with Crippen LogP contribution in [0.2, 0.25) is 0 Å². The SMILES string of the molecule is CCN1C(=O)[C@H]2[C@@H](c3ccc(-c4ccccc4)cc3)N3CCCC[C@@]3(C(=O)OC)[C@H]2C1=O.O=C(O)C(F)(F)F. The molecule has 208 valence electrons. The highest BCUT2D eigenvalue weighted by Crippen LogP contribution is 2.58. The zero-order valence-electron chi connectivity index (χ0n) is 21.5. The van der Waals surface area contributed by atoms with Gasteiger partial charge in [0.25, 0.3) is 0 Å². The zero-order valence-corrected chi connectivity index (χ0v) is 21.5. The van der Waals surface area contributed by atoms with E-state index in [2.05, 4.69) is 29.2 Å². The van der Waals surface area contributed by atoms with E-state index in [1.807, 2.05) is 37.3 Å². The Kier molecular flexibility index (Phi) is 7.83. The van der Waals surface area contributed by atoms with Gasteiger partial charge in [0.15, 0.2) is 0 Å². The molecular formula is C28H29F3N2O6. The average molecular weight is 547 g/mol. The lowest BCUT2D eigenvalue weighted by Crippen LogP contribution is -2.59. The van der Waals surface area contributed by atoms with Gasteiger partial charge in [0, 0.05) is 12.6 Å². The number of imide groups is 1. The van der Waals surface area contributed by atoms with Crippen LogP contribution in [0.4, 0.5) is 13.2 Å². The summed E-state index contributed by atoms with van der Waals surface area (Å²) in [7, 11) is 1.37. The Morgan fingerprint density at radius 3 is 2.13 bits per heavy atom. The van der Waals surface area contributed by atoms with Crippen LogP contribution in [0.15, 0.2) is 54.6 Å². The predicted octanol–water partition coefficient (Wildman–Crippen LogP) is 4.06. The molecule has 0 spiro atoms. The van der Waals surface area contributed by atoms with Crippen molar-refractivity contribution < 1.29 is 42.2 Å². The highest BCUT2D eigenvalue weighted by molar-refractivity contribution is 6.09. The van der Waals surface area contributed by atoms with Gasteiger partial charge in [-0.25, -0.2) is 4.79 Å². The van der Waals surface area contributed by atoms with Crippen LogP contribution in [0.3, 0.4) is 0 Å². The Labute approximate surface area is 223 Å². The van der Waals surface area contributed by atoms with Crippen LogP contribution < -0.4 is 0 Å². The minimum absolute atomic E-state index is 0.169. The Hall–Kier alpha value is -3.73. The Morgan fingerprint density at radius 1 is 1.00 bits per heavy atom. The topological polar surface area (TPSA) is 104 Å². The standard InChI is InChI=1S/C26H28N2O4.C2HF3O2/c1-3-27-23(29)20-21(24(27)30)26(25(31)32-2)15-7-8-16-28(26)22(20)19-13-11-18(12-14-19)17-9-5-4-6-10-17;3-2(4,5)1(6)7/h4-6,9-14,20-22H,3,7-8,15-16H2,1-2H3;(H,6,7)/t20-,21-,22-,26+;/m1./s1. The Balaban J connectivity index is 0.000000448. The summed E-state index contributed by atoms with van der Waals surface area (Å²) < 4.78 is 37.0. The number of hydrogen-bond donors (Lipinski definition) is 1. The van der Waals surface area contributed by atoms with Crippen LogP contribution in [0.1, 0.15) is 37.8 Å². The number of hydrogen-bond acceptors (Lipinski definition) is 6. The maximum atomic E-state index is 13.4. The van der Waals surface area contributed by atoms with Gasteiger partial charge in [-0.15, -0.1) is 0 Å². The van der Waals surface area contributed by atoms with Crippen molar-refractivity contribution >= 4 is 23.8 Å². The lowest BCUT2D eigenvalue weighted by molar-refractivity contribution is -0.192. The second-order valence-corrected chi connectivity index (χ2v) is 9.73. The first-order chi connectivity index (χ1) is 18.5. The molecule has 0 bridgehead atoms. The van der Waals surface area contributed by atoms with Crippen molar-refractivity contribution in [3.05, 3.63) is 60.2 Å². The van der Waals surface area contributed by atoms with Crippen molar-refractivity contribution in [3.8, 4) is 11.1 Å². The molecule has 0 aliphatic carbocycles. The van der Waals surface area contributed by atoms with Crippen LogP contribution in [0.25, 0.3) is 11.1 Å². The van der Waals surface area contributed by atoms with Gasteiger partial charge in [0.05, 0.1) is 18.9 Å². The van der Waals surface area contributed by atoms with E-state index < -0.39 is 35.5 Å². The maximum absolute atomic E-state index is 13.4. The second-order valence-electron chi connectivity index (χ2n) is 9.73. The number of methoxy groups -OCH3 is 1. The number of halogens is 3. The summed E-state index contributed by atoms with van der Waals surface area (Å²) in [6.07, 6.45) is -2.78. The number of likely N-dealkylation sites (tertiary alicyclic amines) is 1. The monoisotopic (exact) mass is 546 g/mol.